The molecular weight excluding hydrogens is 288 g/mol. The van der Waals surface area contributed by atoms with E-state index >= 15 is 0 Å². The fourth-order valence-electron chi connectivity index (χ4n) is 3.16. The minimum absolute atomic E-state index is 0.193. The van der Waals surface area contributed by atoms with Gasteiger partial charge in [-0.25, -0.2) is 0 Å². The average Bonchev–Trinajstić information content (AvgIpc) is 2.31. The summed E-state index contributed by atoms with van der Waals surface area (Å²) in [6.45, 7) is 6.64. The van der Waals surface area contributed by atoms with Crippen LogP contribution >= 0.6 is 15.9 Å². The van der Waals surface area contributed by atoms with E-state index in [0.29, 0.717) is 5.92 Å². The van der Waals surface area contributed by atoms with Crippen molar-refractivity contribution in [2.24, 2.45) is 11.7 Å². The maximum atomic E-state index is 5.76. The summed E-state index contributed by atoms with van der Waals surface area (Å²) < 4.78 is 1.15. The van der Waals surface area contributed by atoms with Crippen molar-refractivity contribution in [2.45, 2.75) is 38.6 Å². The summed E-state index contributed by atoms with van der Waals surface area (Å²) in [5, 5.41) is 0. The van der Waals surface area contributed by atoms with Crippen LogP contribution in [-0.2, 0) is 0 Å². The van der Waals surface area contributed by atoms with Gasteiger partial charge in [0.05, 0.1) is 0 Å². The molecule has 1 atom stereocenters. The summed E-state index contributed by atoms with van der Waals surface area (Å²) in [6, 6.07) is 8.61. The molecule has 1 aromatic carbocycles. The van der Waals surface area contributed by atoms with Crippen LogP contribution in [0.15, 0.2) is 28.7 Å². The third kappa shape index (κ3) is 2.72. The van der Waals surface area contributed by atoms with Gasteiger partial charge in [0.2, 0.25) is 0 Å². The van der Waals surface area contributed by atoms with Crippen LogP contribution in [-0.4, -0.2) is 18.6 Å². The number of anilines is 1. The van der Waals surface area contributed by atoms with Crippen molar-refractivity contribution in [1.82, 2.24) is 0 Å². The molecule has 1 aromatic rings. The molecule has 3 heteroatoms. The highest BCUT2D eigenvalue weighted by Crippen LogP contribution is 2.38. The molecule has 0 aliphatic carbocycles. The van der Waals surface area contributed by atoms with E-state index < -0.39 is 0 Å². The zero-order valence-electron chi connectivity index (χ0n) is 11.3. The fourth-order valence-corrected chi connectivity index (χ4v) is 3.55. The highest BCUT2D eigenvalue weighted by molar-refractivity contribution is 9.10. The fraction of sp³-hybridized carbons (Fsp3) is 0.600. The van der Waals surface area contributed by atoms with Gasteiger partial charge in [-0.3, -0.25) is 0 Å². The van der Waals surface area contributed by atoms with Crippen LogP contribution in [0.2, 0.25) is 0 Å². The molecule has 2 N–H and O–H groups in total. The van der Waals surface area contributed by atoms with E-state index in [0.717, 1.165) is 24.0 Å². The summed E-state index contributed by atoms with van der Waals surface area (Å²) in [7, 11) is 0. The van der Waals surface area contributed by atoms with Gasteiger partial charge in [-0.1, -0.05) is 22.0 Å². The lowest BCUT2D eigenvalue weighted by atomic mass is 9.77. The molecule has 1 heterocycles. The smallest absolute Gasteiger partial charge is 0.0382 e. The number of piperidine rings is 1. The van der Waals surface area contributed by atoms with Gasteiger partial charge in [0.1, 0.15) is 0 Å². The molecule has 100 valence electrons. The van der Waals surface area contributed by atoms with Crippen molar-refractivity contribution in [1.29, 1.82) is 0 Å². The number of hydrogen-bond donors (Lipinski definition) is 1. The third-order valence-corrected chi connectivity index (χ3v) is 4.76. The number of rotatable bonds is 3. The molecule has 1 fully saturated rings. The molecule has 2 nitrogen and oxygen atoms in total. The van der Waals surface area contributed by atoms with Crippen LogP contribution in [0.1, 0.15) is 33.1 Å². The van der Waals surface area contributed by atoms with Crippen molar-refractivity contribution in [2.75, 3.05) is 18.0 Å². The SMILES string of the molecule is CC1(C)C(CCN)CCCN1c1cccc(Br)c1. The van der Waals surface area contributed by atoms with Crippen LogP contribution in [0.25, 0.3) is 0 Å². The molecule has 1 saturated heterocycles. The summed E-state index contributed by atoms with van der Waals surface area (Å²) in [4.78, 5) is 2.54. The first-order valence-electron chi connectivity index (χ1n) is 6.79. The summed E-state index contributed by atoms with van der Waals surface area (Å²) in [5.74, 6) is 0.690. The molecule has 0 saturated carbocycles. The number of benzene rings is 1. The van der Waals surface area contributed by atoms with Gasteiger partial charge >= 0.3 is 0 Å². The second kappa shape index (κ2) is 5.62. The van der Waals surface area contributed by atoms with E-state index in [-0.39, 0.29) is 5.54 Å². The van der Waals surface area contributed by atoms with Gasteiger partial charge in [-0.2, -0.15) is 0 Å². The van der Waals surface area contributed by atoms with Crippen molar-refractivity contribution in [3.8, 4) is 0 Å². The lowest BCUT2D eigenvalue weighted by Gasteiger charge is -2.49. The first-order chi connectivity index (χ1) is 8.55. The Kier molecular flexibility index (Phi) is 4.33. The van der Waals surface area contributed by atoms with E-state index in [1.54, 1.807) is 0 Å². The topological polar surface area (TPSA) is 29.3 Å². The minimum Gasteiger partial charge on any atom is -0.366 e. The van der Waals surface area contributed by atoms with Crippen molar-refractivity contribution < 1.29 is 0 Å². The predicted octanol–water partition coefficient (Wildman–Crippen LogP) is 3.79. The molecule has 0 amide bonds. The first-order valence-corrected chi connectivity index (χ1v) is 7.58. The van der Waals surface area contributed by atoms with Gasteiger partial charge in [-0.05, 0) is 63.8 Å². The molecule has 0 bridgehead atoms. The van der Waals surface area contributed by atoms with Crippen LogP contribution in [0.4, 0.5) is 5.69 Å². The molecule has 1 aliphatic heterocycles. The lowest BCUT2D eigenvalue weighted by Crippen LogP contribution is -2.54. The largest absolute Gasteiger partial charge is 0.366 e. The summed E-state index contributed by atoms with van der Waals surface area (Å²) in [5.41, 5.74) is 7.27. The van der Waals surface area contributed by atoms with Crippen molar-refractivity contribution >= 4 is 21.6 Å². The Hall–Kier alpha value is -0.540. The third-order valence-electron chi connectivity index (χ3n) is 4.26. The maximum absolute atomic E-state index is 5.76. The maximum Gasteiger partial charge on any atom is 0.0382 e. The zero-order chi connectivity index (χ0) is 13.2. The highest BCUT2D eigenvalue weighted by Gasteiger charge is 2.37. The predicted molar refractivity (Wildman–Crippen MR) is 82.0 cm³/mol. The van der Waals surface area contributed by atoms with Crippen LogP contribution in [0, 0.1) is 5.92 Å². The number of nitrogens with zero attached hydrogens (tertiary/aromatic N) is 1. The average molecular weight is 311 g/mol. The Labute approximate surface area is 119 Å². The molecule has 0 aromatic heterocycles. The van der Waals surface area contributed by atoms with Gasteiger partial charge in [-0.15, -0.1) is 0 Å². The quantitative estimate of drug-likeness (QED) is 0.920. The number of hydrogen-bond acceptors (Lipinski definition) is 2. The van der Waals surface area contributed by atoms with E-state index in [1.165, 1.54) is 18.5 Å². The van der Waals surface area contributed by atoms with Gasteiger partial charge in [0.15, 0.2) is 0 Å². The standard InChI is InChI=1S/C15H23BrN2/c1-15(2)12(8-9-17)5-4-10-18(15)14-7-3-6-13(16)11-14/h3,6-7,11-12H,4-5,8-10,17H2,1-2H3. The van der Waals surface area contributed by atoms with Crippen molar-refractivity contribution in [3.63, 3.8) is 0 Å². The lowest BCUT2D eigenvalue weighted by molar-refractivity contribution is 0.227. The van der Waals surface area contributed by atoms with Crippen molar-refractivity contribution in [3.05, 3.63) is 28.7 Å². The molecule has 1 unspecified atom stereocenters. The Morgan fingerprint density at radius 2 is 2.22 bits per heavy atom. The summed E-state index contributed by atoms with van der Waals surface area (Å²) in [6.07, 6.45) is 3.69. The Morgan fingerprint density at radius 3 is 2.89 bits per heavy atom. The van der Waals surface area contributed by atoms with E-state index in [9.17, 15) is 0 Å². The van der Waals surface area contributed by atoms with Crippen LogP contribution in [0.3, 0.4) is 0 Å². The van der Waals surface area contributed by atoms with Crippen LogP contribution in [0.5, 0.6) is 0 Å². The Balaban J connectivity index is 2.26. The molecule has 0 spiro atoms. The second-order valence-corrected chi connectivity index (χ2v) is 6.62. The van der Waals surface area contributed by atoms with E-state index in [1.807, 2.05) is 0 Å². The molecule has 1 aliphatic rings. The van der Waals surface area contributed by atoms with Gasteiger partial charge < -0.3 is 10.6 Å². The summed E-state index contributed by atoms with van der Waals surface area (Å²) >= 11 is 3.57. The molecule has 0 radical (unpaired) electrons. The molecule has 18 heavy (non-hydrogen) atoms. The zero-order valence-corrected chi connectivity index (χ0v) is 12.9. The Bertz CT molecular complexity index is 401. The number of nitrogens with two attached hydrogens (primary N) is 1. The normalized spacial score (nSPS) is 23.1. The van der Waals surface area contributed by atoms with Crippen LogP contribution < -0.4 is 10.6 Å². The van der Waals surface area contributed by atoms with E-state index in [4.69, 9.17) is 5.73 Å². The molecular formula is C15H23BrN2. The van der Waals surface area contributed by atoms with E-state index in [2.05, 4.69) is 58.9 Å². The number of halogens is 1. The highest BCUT2D eigenvalue weighted by atomic mass is 79.9. The Morgan fingerprint density at radius 1 is 1.44 bits per heavy atom. The van der Waals surface area contributed by atoms with Gasteiger partial charge in [0.25, 0.3) is 0 Å². The molecule has 2 rings (SSSR count). The monoisotopic (exact) mass is 310 g/mol. The first kappa shape index (κ1) is 13.9. The van der Waals surface area contributed by atoms with Gasteiger partial charge in [0, 0.05) is 22.2 Å². The second-order valence-electron chi connectivity index (χ2n) is 5.70. The minimum atomic E-state index is 0.193.